The largest absolute Gasteiger partial charge is 0.488 e. The van der Waals surface area contributed by atoms with Gasteiger partial charge in [-0.1, -0.05) is 19.9 Å². The molecule has 0 spiro atoms. The highest BCUT2D eigenvalue weighted by Gasteiger charge is 2.19. The van der Waals surface area contributed by atoms with E-state index < -0.39 is 12.9 Å². The molecule has 0 amide bonds. The van der Waals surface area contributed by atoms with Gasteiger partial charge in [-0.05, 0) is 49.5 Å². The summed E-state index contributed by atoms with van der Waals surface area (Å²) in [5.41, 5.74) is 0.984. The van der Waals surface area contributed by atoms with Gasteiger partial charge in [0.15, 0.2) is 0 Å². The van der Waals surface area contributed by atoms with Crippen molar-refractivity contribution in [2.45, 2.75) is 39.8 Å². The van der Waals surface area contributed by atoms with E-state index in [1.165, 1.54) is 12.1 Å². The van der Waals surface area contributed by atoms with Gasteiger partial charge < -0.3 is 10.0 Å². The van der Waals surface area contributed by atoms with Crippen molar-refractivity contribution >= 4 is 12.6 Å². The lowest BCUT2D eigenvalue weighted by Crippen LogP contribution is -2.37. The zero-order valence-corrected chi connectivity index (χ0v) is 12.1. The van der Waals surface area contributed by atoms with Crippen molar-refractivity contribution in [1.29, 1.82) is 0 Å². The Morgan fingerprint density at radius 2 is 1.89 bits per heavy atom. The topological polar surface area (TPSA) is 43.7 Å². The first-order valence-electron chi connectivity index (χ1n) is 6.66. The summed E-state index contributed by atoms with van der Waals surface area (Å²) in [6.07, 6.45) is 1.06. The molecule has 0 aliphatic carbocycles. The fraction of sp³-hybridized carbons (Fsp3) is 0.571. The molecule has 0 aliphatic heterocycles. The fourth-order valence-electron chi connectivity index (χ4n) is 2.24. The lowest BCUT2D eigenvalue weighted by Gasteiger charge is -2.27. The van der Waals surface area contributed by atoms with E-state index in [1.54, 1.807) is 6.07 Å². The Balaban J connectivity index is 2.81. The fourth-order valence-corrected chi connectivity index (χ4v) is 2.24. The Morgan fingerprint density at radius 1 is 1.26 bits per heavy atom. The monoisotopic (exact) mass is 267 g/mol. The van der Waals surface area contributed by atoms with E-state index in [9.17, 15) is 14.4 Å². The van der Waals surface area contributed by atoms with Crippen LogP contribution in [0.25, 0.3) is 0 Å². The van der Waals surface area contributed by atoms with Crippen LogP contribution in [0.3, 0.4) is 0 Å². The number of hydrogen-bond acceptors (Lipinski definition) is 3. The number of hydrogen-bond donors (Lipinski definition) is 2. The molecule has 0 aromatic heterocycles. The highest BCUT2D eigenvalue weighted by Crippen LogP contribution is 2.13. The SMILES string of the molecule is CC(C)CC(C)N(C)Cc1ccc(F)cc1B(O)O. The van der Waals surface area contributed by atoms with Crippen LogP contribution in [0.5, 0.6) is 0 Å². The van der Waals surface area contributed by atoms with Crippen molar-refractivity contribution in [3.63, 3.8) is 0 Å². The third kappa shape index (κ3) is 4.93. The molecule has 0 fully saturated rings. The summed E-state index contributed by atoms with van der Waals surface area (Å²) in [4.78, 5) is 2.14. The van der Waals surface area contributed by atoms with Crippen molar-refractivity contribution in [3.05, 3.63) is 29.6 Å². The summed E-state index contributed by atoms with van der Waals surface area (Å²) in [7, 11) is 0.351. The molecule has 0 heterocycles. The van der Waals surface area contributed by atoms with Crippen LogP contribution in [-0.4, -0.2) is 35.2 Å². The van der Waals surface area contributed by atoms with Gasteiger partial charge in [-0.25, -0.2) is 4.39 Å². The van der Waals surface area contributed by atoms with E-state index in [0.29, 0.717) is 18.5 Å². The number of halogens is 1. The molecule has 0 saturated heterocycles. The second-order valence-electron chi connectivity index (χ2n) is 5.61. The smallest absolute Gasteiger partial charge is 0.423 e. The van der Waals surface area contributed by atoms with Crippen LogP contribution in [0.1, 0.15) is 32.8 Å². The minimum atomic E-state index is -1.64. The third-order valence-electron chi connectivity index (χ3n) is 3.37. The van der Waals surface area contributed by atoms with E-state index in [4.69, 9.17) is 0 Å². The minimum Gasteiger partial charge on any atom is -0.423 e. The summed E-state index contributed by atoms with van der Waals surface area (Å²) in [5.74, 6) is 0.151. The van der Waals surface area contributed by atoms with Crippen molar-refractivity contribution in [2.75, 3.05) is 7.05 Å². The zero-order valence-electron chi connectivity index (χ0n) is 12.1. The molecule has 1 unspecified atom stereocenters. The average molecular weight is 267 g/mol. The maximum absolute atomic E-state index is 13.1. The predicted molar refractivity (Wildman–Crippen MR) is 76.6 cm³/mol. The first kappa shape index (κ1) is 16.2. The van der Waals surface area contributed by atoms with Crippen molar-refractivity contribution < 1.29 is 14.4 Å². The molecule has 5 heteroatoms. The van der Waals surface area contributed by atoms with Crippen molar-refractivity contribution in [1.82, 2.24) is 4.90 Å². The molecular formula is C14H23BFNO2. The molecule has 0 saturated carbocycles. The maximum Gasteiger partial charge on any atom is 0.488 e. The molecule has 3 nitrogen and oxygen atoms in total. The van der Waals surface area contributed by atoms with Gasteiger partial charge in [0.05, 0.1) is 0 Å². The van der Waals surface area contributed by atoms with Gasteiger partial charge >= 0.3 is 7.12 Å². The van der Waals surface area contributed by atoms with E-state index in [0.717, 1.165) is 12.0 Å². The van der Waals surface area contributed by atoms with Gasteiger partial charge in [0, 0.05) is 12.6 Å². The minimum absolute atomic E-state index is 0.239. The standard InChI is InChI=1S/C14H23BFNO2/c1-10(2)7-11(3)17(4)9-12-5-6-13(16)8-14(12)15(18)19/h5-6,8,10-11,18-19H,7,9H2,1-4H3. The van der Waals surface area contributed by atoms with E-state index in [-0.39, 0.29) is 5.46 Å². The molecule has 2 N–H and O–H groups in total. The van der Waals surface area contributed by atoms with Gasteiger partial charge in [-0.2, -0.15) is 0 Å². The molecule has 1 aromatic carbocycles. The van der Waals surface area contributed by atoms with Crippen LogP contribution >= 0.6 is 0 Å². The van der Waals surface area contributed by atoms with Gasteiger partial charge in [0.1, 0.15) is 5.82 Å². The molecule has 1 aromatic rings. The highest BCUT2D eigenvalue weighted by atomic mass is 19.1. The third-order valence-corrected chi connectivity index (χ3v) is 3.37. The van der Waals surface area contributed by atoms with E-state index >= 15 is 0 Å². The number of benzene rings is 1. The zero-order chi connectivity index (χ0) is 14.6. The second-order valence-corrected chi connectivity index (χ2v) is 5.61. The molecular weight excluding hydrogens is 244 g/mol. The Labute approximate surface area is 115 Å². The van der Waals surface area contributed by atoms with Gasteiger partial charge in [0.2, 0.25) is 0 Å². The lowest BCUT2D eigenvalue weighted by atomic mass is 9.76. The summed E-state index contributed by atoms with van der Waals surface area (Å²) in [6.45, 7) is 7.05. The maximum atomic E-state index is 13.1. The van der Waals surface area contributed by atoms with Crippen LogP contribution in [0.4, 0.5) is 4.39 Å². The molecule has 1 rings (SSSR count). The normalized spacial score (nSPS) is 13.1. The highest BCUT2D eigenvalue weighted by molar-refractivity contribution is 6.59. The number of rotatable bonds is 6. The summed E-state index contributed by atoms with van der Waals surface area (Å²) in [5, 5.41) is 18.6. The van der Waals surface area contributed by atoms with Crippen molar-refractivity contribution in [2.24, 2.45) is 5.92 Å². The summed E-state index contributed by atoms with van der Waals surface area (Å²) >= 11 is 0. The summed E-state index contributed by atoms with van der Waals surface area (Å²) in [6, 6.07) is 4.53. The molecule has 0 aliphatic rings. The lowest BCUT2D eigenvalue weighted by molar-refractivity contribution is 0.221. The van der Waals surface area contributed by atoms with Crippen LogP contribution in [0.2, 0.25) is 0 Å². The van der Waals surface area contributed by atoms with Crippen LogP contribution in [0, 0.1) is 11.7 Å². The second kappa shape index (κ2) is 7.03. The molecule has 0 radical (unpaired) electrons. The first-order chi connectivity index (χ1) is 8.81. The molecule has 19 heavy (non-hydrogen) atoms. The Hall–Kier alpha value is -0.905. The van der Waals surface area contributed by atoms with Gasteiger partial charge in [-0.15, -0.1) is 0 Å². The van der Waals surface area contributed by atoms with Crippen molar-refractivity contribution in [3.8, 4) is 0 Å². The quantitative estimate of drug-likeness (QED) is 0.765. The Morgan fingerprint density at radius 3 is 2.42 bits per heavy atom. The first-order valence-corrected chi connectivity index (χ1v) is 6.66. The molecule has 106 valence electrons. The molecule has 0 bridgehead atoms. The van der Waals surface area contributed by atoms with Crippen LogP contribution < -0.4 is 5.46 Å². The average Bonchev–Trinajstić information content (AvgIpc) is 2.30. The molecule has 1 atom stereocenters. The van der Waals surface area contributed by atoms with Crippen LogP contribution in [0.15, 0.2) is 18.2 Å². The van der Waals surface area contributed by atoms with Crippen LogP contribution in [-0.2, 0) is 6.54 Å². The Kier molecular flexibility index (Phi) is 5.98. The summed E-state index contributed by atoms with van der Waals surface area (Å²) < 4.78 is 13.1. The predicted octanol–water partition coefficient (Wildman–Crippen LogP) is 1.37. The number of nitrogens with zero attached hydrogens (tertiary/aromatic N) is 1. The van der Waals surface area contributed by atoms with Gasteiger partial charge in [0.25, 0.3) is 0 Å². The van der Waals surface area contributed by atoms with E-state index in [2.05, 4.69) is 25.7 Å². The van der Waals surface area contributed by atoms with E-state index in [1.807, 2.05) is 7.05 Å². The Bertz CT molecular complexity index is 412. The van der Waals surface area contributed by atoms with Gasteiger partial charge in [-0.3, -0.25) is 4.90 Å².